The van der Waals surface area contributed by atoms with Crippen LogP contribution in [0.4, 0.5) is 5.82 Å². The lowest BCUT2D eigenvalue weighted by Crippen LogP contribution is -2.47. The lowest BCUT2D eigenvalue weighted by Gasteiger charge is -2.36. The van der Waals surface area contributed by atoms with Crippen molar-refractivity contribution in [2.45, 2.75) is 31.2 Å². The van der Waals surface area contributed by atoms with Crippen LogP contribution in [0, 0.1) is 0 Å². The standard InChI is InChI=1S/C10H17ClN4S/c1-15(2)10(5-3-4-6-10)7-12-9-8(11)13-16-14-9/h3-7H2,1-2H3,(H,12,14). The zero-order valence-corrected chi connectivity index (χ0v) is 11.2. The Balaban J connectivity index is 2.00. The third-order valence-corrected chi connectivity index (χ3v) is 4.41. The van der Waals surface area contributed by atoms with Crippen molar-refractivity contribution in [1.29, 1.82) is 0 Å². The first-order valence-electron chi connectivity index (χ1n) is 5.53. The third kappa shape index (κ3) is 2.31. The van der Waals surface area contributed by atoms with E-state index in [1.54, 1.807) is 0 Å². The van der Waals surface area contributed by atoms with E-state index in [2.05, 4.69) is 33.1 Å². The maximum Gasteiger partial charge on any atom is 0.186 e. The Morgan fingerprint density at radius 1 is 1.38 bits per heavy atom. The van der Waals surface area contributed by atoms with Gasteiger partial charge in [-0.3, -0.25) is 0 Å². The average molecular weight is 261 g/mol. The van der Waals surface area contributed by atoms with E-state index in [4.69, 9.17) is 11.6 Å². The van der Waals surface area contributed by atoms with Gasteiger partial charge in [-0.1, -0.05) is 24.4 Å². The van der Waals surface area contributed by atoms with Gasteiger partial charge in [0.1, 0.15) is 0 Å². The number of hydrogen-bond donors (Lipinski definition) is 1. The maximum absolute atomic E-state index is 5.91. The Kier molecular flexibility index (Phi) is 3.66. The Morgan fingerprint density at radius 3 is 2.56 bits per heavy atom. The molecule has 0 atom stereocenters. The van der Waals surface area contributed by atoms with E-state index in [1.807, 2.05) is 0 Å². The minimum atomic E-state index is 0.257. The van der Waals surface area contributed by atoms with E-state index in [-0.39, 0.29) is 5.54 Å². The Hall–Kier alpha value is -0.390. The van der Waals surface area contributed by atoms with E-state index in [0.717, 1.165) is 24.1 Å². The first-order chi connectivity index (χ1) is 7.64. The molecule has 0 bridgehead atoms. The van der Waals surface area contributed by atoms with Crippen molar-refractivity contribution in [3.63, 3.8) is 0 Å². The van der Waals surface area contributed by atoms with Crippen LogP contribution in [-0.2, 0) is 0 Å². The van der Waals surface area contributed by atoms with Crippen molar-refractivity contribution >= 4 is 29.1 Å². The highest BCUT2D eigenvalue weighted by Crippen LogP contribution is 2.34. The minimum Gasteiger partial charge on any atom is -0.365 e. The molecular weight excluding hydrogens is 244 g/mol. The van der Waals surface area contributed by atoms with E-state index in [1.165, 1.54) is 25.7 Å². The molecule has 1 aromatic heterocycles. The molecule has 0 amide bonds. The van der Waals surface area contributed by atoms with Gasteiger partial charge in [0.15, 0.2) is 11.0 Å². The number of anilines is 1. The Bertz CT molecular complexity index is 346. The van der Waals surface area contributed by atoms with Gasteiger partial charge in [0.25, 0.3) is 0 Å². The van der Waals surface area contributed by atoms with Gasteiger partial charge in [-0.05, 0) is 26.9 Å². The van der Waals surface area contributed by atoms with Gasteiger partial charge in [0.05, 0.1) is 11.7 Å². The minimum absolute atomic E-state index is 0.257. The Morgan fingerprint density at radius 2 is 2.06 bits per heavy atom. The van der Waals surface area contributed by atoms with Crippen LogP contribution in [0.2, 0.25) is 5.15 Å². The molecular formula is C10H17ClN4S. The fourth-order valence-electron chi connectivity index (χ4n) is 2.35. The second-order valence-corrected chi connectivity index (χ2v) is 5.47. The number of likely N-dealkylation sites (N-methyl/N-ethyl adjacent to an activating group) is 1. The van der Waals surface area contributed by atoms with Crippen LogP contribution in [0.5, 0.6) is 0 Å². The van der Waals surface area contributed by atoms with Crippen molar-refractivity contribution < 1.29 is 0 Å². The molecule has 0 saturated heterocycles. The average Bonchev–Trinajstić information content (AvgIpc) is 2.84. The summed E-state index contributed by atoms with van der Waals surface area (Å²) in [5.41, 5.74) is 0.257. The summed E-state index contributed by atoms with van der Waals surface area (Å²) in [5, 5.41) is 3.80. The fraction of sp³-hybridized carbons (Fsp3) is 0.800. The number of aromatic nitrogens is 2. The van der Waals surface area contributed by atoms with E-state index in [9.17, 15) is 0 Å². The second-order valence-electron chi connectivity index (χ2n) is 4.58. The van der Waals surface area contributed by atoms with Crippen molar-refractivity contribution in [3.05, 3.63) is 5.15 Å². The summed E-state index contributed by atoms with van der Waals surface area (Å²) in [7, 11) is 4.29. The summed E-state index contributed by atoms with van der Waals surface area (Å²) in [6.45, 7) is 0.894. The molecule has 1 aliphatic rings. The predicted octanol–water partition coefficient (Wildman–Crippen LogP) is 2.48. The number of rotatable bonds is 4. The van der Waals surface area contributed by atoms with E-state index >= 15 is 0 Å². The summed E-state index contributed by atoms with van der Waals surface area (Å²) in [4.78, 5) is 2.32. The molecule has 0 aliphatic heterocycles. The number of halogens is 1. The van der Waals surface area contributed by atoms with Crippen LogP contribution in [0.1, 0.15) is 25.7 Å². The zero-order valence-electron chi connectivity index (χ0n) is 9.66. The van der Waals surface area contributed by atoms with Gasteiger partial charge in [-0.15, -0.1) is 0 Å². The second kappa shape index (κ2) is 4.85. The summed E-state index contributed by atoms with van der Waals surface area (Å²) < 4.78 is 8.09. The van der Waals surface area contributed by atoms with Gasteiger partial charge in [-0.25, -0.2) is 0 Å². The van der Waals surface area contributed by atoms with Crippen LogP contribution in [0.15, 0.2) is 0 Å². The molecule has 1 aromatic rings. The Labute approximate surface area is 105 Å². The van der Waals surface area contributed by atoms with Crippen molar-refractivity contribution in [2.75, 3.05) is 26.0 Å². The van der Waals surface area contributed by atoms with Gasteiger partial charge in [0.2, 0.25) is 0 Å². The first kappa shape index (κ1) is 12.1. The number of nitrogens with zero attached hydrogens (tertiary/aromatic N) is 3. The summed E-state index contributed by atoms with van der Waals surface area (Å²) in [6, 6.07) is 0. The molecule has 0 spiro atoms. The molecule has 6 heteroatoms. The predicted molar refractivity (Wildman–Crippen MR) is 68.3 cm³/mol. The fourth-order valence-corrected chi connectivity index (χ4v) is 3.03. The lowest BCUT2D eigenvalue weighted by atomic mass is 9.96. The van der Waals surface area contributed by atoms with Crippen LogP contribution in [-0.4, -0.2) is 39.8 Å². The summed E-state index contributed by atoms with van der Waals surface area (Å²) in [6.07, 6.45) is 5.09. The summed E-state index contributed by atoms with van der Waals surface area (Å²) >= 11 is 7.06. The summed E-state index contributed by atoms with van der Waals surface area (Å²) in [5.74, 6) is 0.722. The molecule has 90 valence electrons. The number of nitrogens with one attached hydrogen (secondary N) is 1. The SMILES string of the molecule is CN(C)C1(CNc2nsnc2Cl)CCCC1. The maximum atomic E-state index is 5.91. The molecule has 0 unspecified atom stereocenters. The van der Waals surface area contributed by atoms with Crippen LogP contribution in [0.3, 0.4) is 0 Å². The molecule has 16 heavy (non-hydrogen) atoms. The molecule has 1 fully saturated rings. The molecule has 1 heterocycles. The van der Waals surface area contributed by atoms with E-state index < -0.39 is 0 Å². The monoisotopic (exact) mass is 260 g/mol. The van der Waals surface area contributed by atoms with E-state index in [0.29, 0.717) is 5.15 Å². The largest absolute Gasteiger partial charge is 0.365 e. The lowest BCUT2D eigenvalue weighted by molar-refractivity contribution is 0.172. The highest BCUT2D eigenvalue weighted by atomic mass is 35.5. The molecule has 4 nitrogen and oxygen atoms in total. The van der Waals surface area contributed by atoms with Gasteiger partial charge in [0, 0.05) is 12.1 Å². The highest BCUT2D eigenvalue weighted by molar-refractivity contribution is 6.99. The van der Waals surface area contributed by atoms with Gasteiger partial charge in [-0.2, -0.15) is 8.75 Å². The van der Waals surface area contributed by atoms with Crippen molar-refractivity contribution in [3.8, 4) is 0 Å². The van der Waals surface area contributed by atoms with Crippen LogP contribution < -0.4 is 5.32 Å². The van der Waals surface area contributed by atoms with Gasteiger partial charge >= 0.3 is 0 Å². The van der Waals surface area contributed by atoms with Crippen molar-refractivity contribution in [2.24, 2.45) is 0 Å². The molecule has 1 saturated carbocycles. The normalized spacial score (nSPS) is 19.2. The molecule has 0 aromatic carbocycles. The van der Waals surface area contributed by atoms with Crippen molar-refractivity contribution in [1.82, 2.24) is 13.6 Å². The highest BCUT2D eigenvalue weighted by Gasteiger charge is 2.35. The molecule has 2 rings (SSSR count). The quantitative estimate of drug-likeness (QED) is 0.903. The zero-order chi connectivity index (χ0) is 11.6. The molecule has 0 radical (unpaired) electrons. The first-order valence-corrected chi connectivity index (χ1v) is 6.64. The smallest absolute Gasteiger partial charge is 0.186 e. The topological polar surface area (TPSA) is 41.0 Å². The third-order valence-electron chi connectivity index (χ3n) is 3.52. The van der Waals surface area contributed by atoms with Crippen LogP contribution in [0.25, 0.3) is 0 Å². The van der Waals surface area contributed by atoms with Gasteiger partial charge < -0.3 is 10.2 Å². The van der Waals surface area contributed by atoms with Crippen LogP contribution >= 0.6 is 23.3 Å². The number of hydrogen-bond acceptors (Lipinski definition) is 5. The molecule has 1 aliphatic carbocycles. The molecule has 1 N–H and O–H groups in total.